The van der Waals surface area contributed by atoms with Crippen LogP contribution in [0.25, 0.3) is 0 Å². The van der Waals surface area contributed by atoms with Crippen LogP contribution in [0.4, 0.5) is 0 Å². The van der Waals surface area contributed by atoms with Gasteiger partial charge >= 0.3 is 0 Å². The first-order valence-corrected chi connectivity index (χ1v) is 23.5. The van der Waals surface area contributed by atoms with Gasteiger partial charge in [-0.15, -0.1) is 0 Å². The SMILES string of the molecule is CCOOCCCCCCCCCCC[Si](C)(C)c1ccc([Si](C)(C)CCCCCCCC[Si]OC)cc1. The second-order valence-corrected chi connectivity index (χ2v) is 23.4. The van der Waals surface area contributed by atoms with E-state index in [2.05, 4.69) is 50.5 Å². The summed E-state index contributed by atoms with van der Waals surface area (Å²) >= 11 is 0. The third-order valence-electron chi connectivity index (χ3n) is 8.15. The second kappa shape index (κ2) is 22.4. The highest BCUT2D eigenvalue weighted by atomic mass is 28.3. The molecule has 0 aromatic heterocycles. The van der Waals surface area contributed by atoms with Gasteiger partial charge in [-0.3, -0.25) is 0 Å². The molecule has 6 heteroatoms. The summed E-state index contributed by atoms with van der Waals surface area (Å²) in [5.74, 6) is 0. The van der Waals surface area contributed by atoms with Gasteiger partial charge in [-0.2, -0.15) is 0 Å². The van der Waals surface area contributed by atoms with E-state index >= 15 is 0 Å². The molecule has 0 atom stereocenters. The second-order valence-electron chi connectivity index (χ2n) is 12.5. The van der Waals surface area contributed by atoms with Crippen molar-refractivity contribution in [2.75, 3.05) is 20.3 Å². The molecule has 38 heavy (non-hydrogen) atoms. The summed E-state index contributed by atoms with van der Waals surface area (Å²) in [5.41, 5.74) is 0. The maximum Gasteiger partial charge on any atom is 0.229 e. The van der Waals surface area contributed by atoms with E-state index in [0.717, 1.165) is 13.0 Å². The molecule has 2 radical (unpaired) electrons. The first-order valence-electron chi connectivity index (χ1n) is 15.9. The highest BCUT2D eigenvalue weighted by molar-refractivity contribution is 6.91. The van der Waals surface area contributed by atoms with E-state index in [1.165, 1.54) is 108 Å². The van der Waals surface area contributed by atoms with Crippen LogP contribution in [-0.2, 0) is 14.2 Å². The Hall–Kier alpha value is -0.249. The molecule has 0 unspecified atom stereocenters. The zero-order valence-electron chi connectivity index (χ0n) is 26.2. The number of hydrogen-bond donors (Lipinski definition) is 0. The smallest absolute Gasteiger partial charge is 0.229 e. The molecule has 0 aliphatic carbocycles. The third-order valence-corrected chi connectivity index (χ3v) is 16.0. The Labute approximate surface area is 242 Å². The number of rotatable bonds is 26. The summed E-state index contributed by atoms with van der Waals surface area (Å²) in [4.78, 5) is 9.99. The molecule has 3 nitrogen and oxygen atoms in total. The van der Waals surface area contributed by atoms with Crippen LogP contribution in [0.5, 0.6) is 0 Å². The fourth-order valence-electron chi connectivity index (χ4n) is 5.34. The van der Waals surface area contributed by atoms with Crippen LogP contribution in [0.15, 0.2) is 24.3 Å². The van der Waals surface area contributed by atoms with Crippen molar-refractivity contribution in [2.24, 2.45) is 0 Å². The summed E-state index contributed by atoms with van der Waals surface area (Å²) in [6.07, 6.45) is 20.4. The van der Waals surface area contributed by atoms with Crippen molar-refractivity contribution in [3.8, 4) is 0 Å². The lowest BCUT2D eigenvalue weighted by molar-refractivity contribution is -0.291. The van der Waals surface area contributed by atoms with Crippen LogP contribution in [0.1, 0.15) is 103 Å². The molecule has 1 aromatic carbocycles. The standard InChI is InChI=1S/C32H62O3Si3/c1-7-34-35-27-19-15-11-9-8-10-13-17-21-29-37(3,4)31-23-25-32(26-24-31)38(5,6)30-22-18-14-12-16-20-28-36-33-2/h23-26H,7-22,27-30H2,1-6H3. The molecular formula is C32H62O3Si3. The van der Waals surface area contributed by atoms with Gasteiger partial charge in [0.15, 0.2) is 0 Å². The van der Waals surface area contributed by atoms with Gasteiger partial charge in [-0.1, -0.05) is 163 Å². The molecule has 0 aliphatic rings. The van der Waals surface area contributed by atoms with Gasteiger partial charge in [0.25, 0.3) is 0 Å². The molecule has 0 bridgehead atoms. The third kappa shape index (κ3) is 17.4. The highest BCUT2D eigenvalue weighted by Gasteiger charge is 2.26. The predicted octanol–water partition coefficient (Wildman–Crippen LogP) is 9.02. The van der Waals surface area contributed by atoms with Crippen molar-refractivity contribution in [1.29, 1.82) is 0 Å². The largest absolute Gasteiger partial charge is 0.421 e. The lowest BCUT2D eigenvalue weighted by atomic mass is 10.1. The minimum absolute atomic E-state index is 0.642. The van der Waals surface area contributed by atoms with E-state index < -0.39 is 16.1 Å². The molecule has 0 heterocycles. The fraction of sp³-hybridized carbons (Fsp3) is 0.812. The Morgan fingerprint density at radius 1 is 0.553 bits per heavy atom. The quantitative estimate of drug-likeness (QED) is 0.0475. The molecule has 0 spiro atoms. The van der Waals surface area contributed by atoms with E-state index in [9.17, 15) is 0 Å². The van der Waals surface area contributed by atoms with Crippen molar-refractivity contribution in [2.45, 2.75) is 148 Å². The van der Waals surface area contributed by atoms with E-state index in [1.807, 2.05) is 14.0 Å². The van der Waals surface area contributed by atoms with E-state index in [4.69, 9.17) is 14.2 Å². The summed E-state index contributed by atoms with van der Waals surface area (Å²) < 4.78 is 5.17. The number of unbranched alkanes of at least 4 members (excludes halogenated alkanes) is 13. The monoisotopic (exact) mass is 578 g/mol. The van der Waals surface area contributed by atoms with Gasteiger partial charge in [-0.25, -0.2) is 9.78 Å². The van der Waals surface area contributed by atoms with Crippen LogP contribution >= 0.6 is 0 Å². The van der Waals surface area contributed by atoms with Crippen LogP contribution in [-0.4, -0.2) is 46.2 Å². The lowest BCUT2D eigenvalue weighted by Crippen LogP contribution is -2.45. The molecule has 1 aromatic rings. The van der Waals surface area contributed by atoms with Crippen molar-refractivity contribution in [1.82, 2.24) is 0 Å². The molecule has 0 aliphatic heterocycles. The molecule has 0 N–H and O–H groups in total. The molecule has 220 valence electrons. The lowest BCUT2D eigenvalue weighted by Gasteiger charge is -2.26. The first kappa shape index (κ1) is 35.8. The van der Waals surface area contributed by atoms with Crippen LogP contribution in [0.2, 0.25) is 44.3 Å². The molecular weight excluding hydrogens is 517 g/mol. The minimum atomic E-state index is -1.33. The number of benzene rings is 1. The molecule has 0 saturated heterocycles. The average Bonchev–Trinajstić information content (AvgIpc) is 2.90. The summed E-state index contributed by atoms with van der Waals surface area (Å²) in [6, 6.07) is 14.2. The van der Waals surface area contributed by atoms with Crippen LogP contribution < -0.4 is 10.4 Å². The minimum Gasteiger partial charge on any atom is -0.421 e. The van der Waals surface area contributed by atoms with Crippen molar-refractivity contribution < 1.29 is 14.2 Å². The van der Waals surface area contributed by atoms with Crippen molar-refractivity contribution >= 4 is 36.3 Å². The summed E-state index contributed by atoms with van der Waals surface area (Å²) in [6.45, 7) is 13.7. The Morgan fingerprint density at radius 3 is 1.37 bits per heavy atom. The zero-order chi connectivity index (χ0) is 28.0. The van der Waals surface area contributed by atoms with Gasteiger partial charge in [0.2, 0.25) is 9.76 Å². The first-order chi connectivity index (χ1) is 18.3. The molecule has 0 saturated carbocycles. The van der Waals surface area contributed by atoms with Gasteiger partial charge in [0.1, 0.15) is 0 Å². The normalized spacial score (nSPS) is 12.4. The van der Waals surface area contributed by atoms with E-state index in [-0.39, 0.29) is 0 Å². The molecule has 0 amide bonds. The van der Waals surface area contributed by atoms with Gasteiger partial charge in [0, 0.05) is 7.11 Å². The molecule has 1 rings (SSSR count). The Kier molecular flexibility index (Phi) is 21.1. The predicted molar refractivity (Wildman–Crippen MR) is 175 cm³/mol. The van der Waals surface area contributed by atoms with E-state index in [1.54, 1.807) is 10.4 Å². The van der Waals surface area contributed by atoms with Crippen molar-refractivity contribution in [3.05, 3.63) is 24.3 Å². The number of hydrogen-bond acceptors (Lipinski definition) is 3. The van der Waals surface area contributed by atoms with Gasteiger partial charge in [0.05, 0.1) is 29.4 Å². The molecule has 0 fully saturated rings. The zero-order valence-corrected chi connectivity index (χ0v) is 29.2. The topological polar surface area (TPSA) is 27.7 Å². The Bertz CT molecular complexity index is 664. The fourth-order valence-corrected chi connectivity index (χ4v) is 10.9. The Morgan fingerprint density at radius 2 is 0.947 bits per heavy atom. The Balaban J connectivity index is 2.19. The van der Waals surface area contributed by atoms with Crippen LogP contribution in [0, 0.1) is 0 Å². The summed E-state index contributed by atoms with van der Waals surface area (Å²) in [5, 5.41) is 3.32. The van der Waals surface area contributed by atoms with Crippen LogP contribution in [0.3, 0.4) is 0 Å². The maximum absolute atomic E-state index is 5.17. The maximum atomic E-state index is 5.17. The summed E-state index contributed by atoms with van der Waals surface area (Å²) in [7, 11) is -0.132. The average molecular weight is 579 g/mol. The van der Waals surface area contributed by atoms with E-state index in [0.29, 0.717) is 16.4 Å². The van der Waals surface area contributed by atoms with Gasteiger partial charge in [-0.05, 0) is 19.4 Å². The van der Waals surface area contributed by atoms with Gasteiger partial charge < -0.3 is 4.43 Å². The van der Waals surface area contributed by atoms with Crippen molar-refractivity contribution in [3.63, 3.8) is 0 Å². The highest BCUT2D eigenvalue weighted by Crippen LogP contribution is 2.19.